The van der Waals surface area contributed by atoms with E-state index in [9.17, 15) is 0 Å². The highest BCUT2D eigenvalue weighted by Crippen LogP contribution is 2.53. The number of aliphatic imine (C=N–C) groups is 1. The number of hydrogen-bond acceptors (Lipinski definition) is 7. The first-order valence-electron chi connectivity index (χ1n) is 13.3. The van der Waals surface area contributed by atoms with Crippen LogP contribution in [0.25, 0.3) is 0 Å². The lowest BCUT2D eigenvalue weighted by atomic mass is 9.80. The lowest BCUT2D eigenvalue weighted by molar-refractivity contribution is -0.117. The van der Waals surface area contributed by atoms with Crippen LogP contribution in [0.4, 0.5) is 0 Å². The van der Waals surface area contributed by atoms with Crippen LogP contribution in [0.1, 0.15) is 44.4 Å². The number of nitrogens with zero attached hydrogens (tertiary/aromatic N) is 2. The summed E-state index contributed by atoms with van der Waals surface area (Å²) in [5, 5.41) is 1.20. The van der Waals surface area contributed by atoms with Gasteiger partial charge in [-0.05, 0) is 48.3 Å². The molecule has 0 radical (unpaired) electrons. The molecular formula is C29H40N2O4SSi. The fourth-order valence-electron chi connectivity index (χ4n) is 5.07. The molecular weight excluding hydrogens is 500 g/mol. The van der Waals surface area contributed by atoms with Crippen molar-refractivity contribution in [3.05, 3.63) is 59.7 Å². The highest BCUT2D eigenvalue weighted by molar-refractivity contribution is 8.13. The number of para-hydroxylation sites is 1. The quantitative estimate of drug-likeness (QED) is 0.357. The second-order valence-corrected chi connectivity index (χ2v) is 17.6. The molecule has 2 bridgehead atoms. The molecule has 6 nitrogen and oxygen atoms in total. The zero-order chi connectivity index (χ0) is 26.3. The maximum atomic E-state index is 6.87. The molecule has 0 amide bonds. The van der Waals surface area contributed by atoms with Crippen LogP contribution in [0.15, 0.2) is 53.5 Å². The van der Waals surface area contributed by atoms with Gasteiger partial charge in [0.15, 0.2) is 13.5 Å². The Labute approximate surface area is 226 Å². The molecule has 37 heavy (non-hydrogen) atoms. The second-order valence-electron chi connectivity index (χ2n) is 11.7. The molecule has 8 heteroatoms. The van der Waals surface area contributed by atoms with Gasteiger partial charge in [0, 0.05) is 24.5 Å². The van der Waals surface area contributed by atoms with E-state index in [-0.39, 0.29) is 17.0 Å². The first kappa shape index (κ1) is 26.6. The van der Waals surface area contributed by atoms with Crippen molar-refractivity contribution in [2.24, 2.45) is 10.9 Å². The van der Waals surface area contributed by atoms with Crippen molar-refractivity contribution >= 4 is 25.2 Å². The zero-order valence-corrected chi connectivity index (χ0v) is 24.8. The van der Waals surface area contributed by atoms with Crippen LogP contribution >= 0.6 is 11.8 Å². The van der Waals surface area contributed by atoms with Crippen molar-refractivity contribution < 1.29 is 18.6 Å². The van der Waals surface area contributed by atoms with Crippen molar-refractivity contribution in [2.75, 3.05) is 32.6 Å². The van der Waals surface area contributed by atoms with Gasteiger partial charge in [-0.15, -0.1) is 0 Å². The van der Waals surface area contributed by atoms with Gasteiger partial charge in [0.25, 0.3) is 0 Å². The topological polar surface area (TPSA) is 52.5 Å². The van der Waals surface area contributed by atoms with E-state index in [1.807, 2.05) is 42.1 Å². The summed E-state index contributed by atoms with van der Waals surface area (Å²) in [6, 6.07) is 16.6. The Kier molecular flexibility index (Phi) is 7.39. The number of amidine groups is 1. The van der Waals surface area contributed by atoms with Gasteiger partial charge in [-0.3, -0.25) is 0 Å². The smallest absolute Gasteiger partial charge is 0.233 e. The van der Waals surface area contributed by atoms with Gasteiger partial charge in [-0.25, -0.2) is 4.99 Å². The highest BCUT2D eigenvalue weighted by Gasteiger charge is 2.57. The van der Waals surface area contributed by atoms with Crippen LogP contribution in [0.2, 0.25) is 18.1 Å². The van der Waals surface area contributed by atoms with Gasteiger partial charge >= 0.3 is 0 Å². The van der Waals surface area contributed by atoms with Gasteiger partial charge in [-0.1, -0.05) is 62.9 Å². The standard InChI is InChI=1S/C29H40N2O4SSi/c1-28(2,3)37(5,6)34-19-24-26-23-10-7-8-11-25(23)35-29(24,30-27-31(26)16-9-17-36-27)20-33-18-21-12-14-22(32-4)15-13-21/h7-8,10-15,24,26H,9,16-20H2,1-6H3/t24-,26-,29-/m1/s1. The Bertz CT molecular complexity index is 1130. The molecule has 1 saturated heterocycles. The molecule has 0 saturated carbocycles. The number of ether oxygens (including phenoxy) is 3. The Morgan fingerprint density at radius 1 is 1.14 bits per heavy atom. The maximum absolute atomic E-state index is 6.87. The Morgan fingerprint density at radius 3 is 2.62 bits per heavy atom. The van der Waals surface area contributed by atoms with Crippen molar-refractivity contribution in [3.8, 4) is 11.5 Å². The summed E-state index contributed by atoms with van der Waals surface area (Å²) in [7, 11) is -0.297. The van der Waals surface area contributed by atoms with Crippen molar-refractivity contribution in [1.82, 2.24) is 4.90 Å². The first-order chi connectivity index (χ1) is 17.6. The first-order valence-corrected chi connectivity index (χ1v) is 17.1. The largest absolute Gasteiger partial charge is 0.497 e. The minimum Gasteiger partial charge on any atom is -0.497 e. The molecule has 200 valence electrons. The average molecular weight is 541 g/mol. The SMILES string of the molecule is COc1ccc(COC[C@@]23N=C4SCCCN4[C@H](c4ccccc4O2)[C@H]3CO[Si](C)(C)C(C)(C)C)cc1. The van der Waals surface area contributed by atoms with Crippen LogP contribution in [0.5, 0.6) is 11.5 Å². The molecule has 0 aliphatic carbocycles. The third kappa shape index (κ3) is 5.18. The van der Waals surface area contributed by atoms with Crippen LogP contribution in [0.3, 0.4) is 0 Å². The summed E-state index contributed by atoms with van der Waals surface area (Å²) in [4.78, 5) is 7.83. The third-order valence-electron chi connectivity index (χ3n) is 8.29. The van der Waals surface area contributed by atoms with E-state index >= 15 is 0 Å². The van der Waals surface area contributed by atoms with Crippen molar-refractivity contribution in [2.45, 2.75) is 63.7 Å². The molecule has 3 aliphatic heterocycles. The average Bonchev–Trinajstić information content (AvgIpc) is 2.87. The van der Waals surface area contributed by atoms with Gasteiger partial charge in [0.1, 0.15) is 18.1 Å². The molecule has 2 aromatic rings. The predicted molar refractivity (Wildman–Crippen MR) is 153 cm³/mol. The van der Waals surface area contributed by atoms with Gasteiger partial charge in [0.2, 0.25) is 5.72 Å². The van der Waals surface area contributed by atoms with Crippen LogP contribution in [0, 0.1) is 5.92 Å². The minimum atomic E-state index is -1.98. The molecule has 2 aromatic carbocycles. The summed E-state index contributed by atoms with van der Waals surface area (Å²) in [6.45, 7) is 14.0. The zero-order valence-electron chi connectivity index (χ0n) is 23.0. The number of hydrogen-bond donors (Lipinski definition) is 0. The normalized spacial score (nSPS) is 25.0. The monoisotopic (exact) mass is 540 g/mol. The number of thioether (sulfide) groups is 1. The van der Waals surface area contributed by atoms with Crippen LogP contribution in [-0.4, -0.2) is 56.7 Å². The fourth-order valence-corrected chi connectivity index (χ4v) is 7.15. The Morgan fingerprint density at radius 2 is 1.89 bits per heavy atom. The predicted octanol–water partition coefficient (Wildman–Crippen LogP) is 6.49. The van der Waals surface area contributed by atoms with Gasteiger partial charge in [0.05, 0.1) is 25.7 Å². The van der Waals surface area contributed by atoms with E-state index in [2.05, 4.69) is 57.0 Å². The molecule has 1 fully saturated rings. The Balaban J connectivity index is 1.48. The van der Waals surface area contributed by atoms with Gasteiger partial charge < -0.3 is 23.5 Å². The molecule has 3 heterocycles. The lowest BCUT2D eigenvalue weighted by Crippen LogP contribution is -2.62. The summed E-state index contributed by atoms with van der Waals surface area (Å²) in [6.07, 6.45) is 1.15. The number of methoxy groups -OCH3 is 1. The molecule has 0 N–H and O–H groups in total. The van der Waals surface area contributed by atoms with E-state index in [1.165, 1.54) is 5.56 Å². The summed E-state index contributed by atoms with van der Waals surface area (Å²) in [5.74, 6) is 2.85. The molecule has 0 unspecified atom stereocenters. The number of rotatable bonds is 8. The maximum Gasteiger partial charge on any atom is 0.233 e. The van der Waals surface area contributed by atoms with Crippen molar-refractivity contribution in [1.29, 1.82) is 0 Å². The molecule has 0 spiro atoms. The summed E-state index contributed by atoms with van der Waals surface area (Å²) < 4.78 is 25.4. The minimum absolute atomic E-state index is 0.0230. The van der Waals surface area contributed by atoms with Gasteiger partial charge in [-0.2, -0.15) is 0 Å². The fraction of sp³-hybridized carbons (Fsp3) is 0.552. The third-order valence-corrected chi connectivity index (χ3v) is 13.9. The van der Waals surface area contributed by atoms with Crippen LogP contribution < -0.4 is 9.47 Å². The molecule has 3 aliphatic rings. The summed E-state index contributed by atoms with van der Waals surface area (Å²) >= 11 is 1.84. The van der Waals surface area contributed by atoms with E-state index in [1.54, 1.807) is 7.11 Å². The Hall–Kier alpha value is -2.00. The molecule has 0 aromatic heterocycles. The van der Waals surface area contributed by atoms with E-state index in [0.717, 1.165) is 40.9 Å². The molecule has 5 rings (SSSR count). The van der Waals surface area contributed by atoms with E-state index in [4.69, 9.17) is 23.6 Å². The number of benzene rings is 2. The summed E-state index contributed by atoms with van der Waals surface area (Å²) in [5.41, 5.74) is 1.49. The van der Waals surface area contributed by atoms with Crippen LogP contribution in [-0.2, 0) is 15.8 Å². The number of fused-ring (bicyclic) bond motifs is 6. The van der Waals surface area contributed by atoms with Crippen molar-refractivity contribution in [3.63, 3.8) is 0 Å². The molecule has 3 atom stereocenters. The van der Waals surface area contributed by atoms with E-state index in [0.29, 0.717) is 19.8 Å². The second kappa shape index (κ2) is 10.3. The highest BCUT2D eigenvalue weighted by atomic mass is 32.2. The lowest BCUT2D eigenvalue weighted by Gasteiger charge is -2.55. The van der Waals surface area contributed by atoms with E-state index < -0.39 is 14.0 Å².